The van der Waals surface area contributed by atoms with Crippen LogP contribution in [0, 0.1) is 0 Å². The first-order valence-corrected chi connectivity index (χ1v) is 7.36. The highest BCUT2D eigenvalue weighted by atomic mass is 32.2. The molecule has 18 heavy (non-hydrogen) atoms. The van der Waals surface area contributed by atoms with Gasteiger partial charge >= 0.3 is 0 Å². The van der Waals surface area contributed by atoms with Crippen LogP contribution in [0.2, 0.25) is 0 Å². The zero-order valence-electron chi connectivity index (χ0n) is 11.2. The number of hydrogen-bond donors (Lipinski definition) is 1. The molecule has 0 spiro atoms. The van der Waals surface area contributed by atoms with Gasteiger partial charge in [-0.15, -0.1) is 0 Å². The minimum absolute atomic E-state index is 0.238. The molecule has 1 aromatic heterocycles. The molecule has 1 aromatic carbocycles. The van der Waals surface area contributed by atoms with Gasteiger partial charge < -0.3 is 0 Å². The molecule has 1 heterocycles. The molecule has 0 fully saturated rings. The highest BCUT2D eigenvalue weighted by Gasteiger charge is 2.12. The molecule has 1 N–H and O–H groups in total. The van der Waals surface area contributed by atoms with Gasteiger partial charge in [0, 0.05) is 23.4 Å². The summed E-state index contributed by atoms with van der Waals surface area (Å²) in [5.41, 5.74) is 4.20. The molecule has 3 heteroatoms. The van der Waals surface area contributed by atoms with Crippen molar-refractivity contribution in [3.05, 3.63) is 53.3 Å². The normalized spacial score (nSPS) is 11.7. The van der Waals surface area contributed by atoms with Crippen LogP contribution in [0.1, 0.15) is 37.6 Å². The molecule has 0 radical (unpaired) electrons. The van der Waals surface area contributed by atoms with Crippen LogP contribution in [0.5, 0.6) is 0 Å². The first kappa shape index (κ1) is 13.2. The number of benzene rings is 1. The van der Waals surface area contributed by atoms with E-state index in [0.717, 1.165) is 11.5 Å². The van der Waals surface area contributed by atoms with E-state index in [4.69, 9.17) is 0 Å². The summed E-state index contributed by atoms with van der Waals surface area (Å²) in [6, 6.07) is 11.0. The molecule has 0 aliphatic heterocycles. The average Bonchev–Trinajstić information content (AvgIpc) is 2.82. The second-order valence-electron chi connectivity index (χ2n) is 5.52. The van der Waals surface area contributed by atoms with Gasteiger partial charge in [0.25, 0.3) is 0 Å². The molecule has 2 rings (SSSR count). The molecule has 0 atom stereocenters. The van der Waals surface area contributed by atoms with Gasteiger partial charge in [-0.1, -0.05) is 45.0 Å². The van der Waals surface area contributed by atoms with Crippen molar-refractivity contribution < 1.29 is 0 Å². The van der Waals surface area contributed by atoms with E-state index in [1.165, 1.54) is 16.8 Å². The minimum atomic E-state index is 0.238. The van der Waals surface area contributed by atoms with Crippen LogP contribution < -0.4 is 0 Å². The number of rotatable bonds is 4. The Morgan fingerprint density at radius 1 is 1.06 bits per heavy atom. The van der Waals surface area contributed by atoms with Crippen LogP contribution in [-0.2, 0) is 16.9 Å². The molecule has 96 valence electrons. The second kappa shape index (κ2) is 5.61. The summed E-state index contributed by atoms with van der Waals surface area (Å²) in [4.78, 5) is 0. The maximum absolute atomic E-state index is 3.95. The zero-order chi connectivity index (χ0) is 13.0. The molecule has 0 amide bonds. The Morgan fingerprint density at radius 3 is 2.33 bits per heavy atom. The summed E-state index contributed by atoms with van der Waals surface area (Å²) in [6.45, 7) is 6.74. The third-order valence-electron chi connectivity index (χ3n) is 2.90. The third-order valence-corrected chi connectivity index (χ3v) is 3.96. The predicted molar refractivity (Wildman–Crippen MR) is 78.7 cm³/mol. The molecule has 0 aliphatic rings. The van der Waals surface area contributed by atoms with E-state index in [9.17, 15) is 0 Å². The first-order chi connectivity index (χ1) is 8.55. The number of nitrogens with zero attached hydrogens (tertiary/aromatic N) is 1. The second-order valence-corrected chi connectivity index (χ2v) is 6.51. The van der Waals surface area contributed by atoms with Crippen molar-refractivity contribution in [2.24, 2.45) is 0 Å². The molecular formula is C15H20N2S. The van der Waals surface area contributed by atoms with Crippen molar-refractivity contribution in [3.8, 4) is 0 Å². The van der Waals surface area contributed by atoms with Crippen molar-refractivity contribution in [3.63, 3.8) is 0 Å². The standard InChI is InChI=1S/C15H20N2S/c1-15(2,3)13-6-4-12(5-7-13)10-18-11-14-8-9-16-17-14/h4-9H,10-11H2,1-3H3,(H,16,17). The van der Waals surface area contributed by atoms with E-state index in [2.05, 4.69) is 55.2 Å². The fourth-order valence-corrected chi connectivity index (χ4v) is 2.66. The highest BCUT2D eigenvalue weighted by molar-refractivity contribution is 7.97. The van der Waals surface area contributed by atoms with Gasteiger partial charge in [-0.05, 0) is 22.6 Å². The monoisotopic (exact) mass is 260 g/mol. The predicted octanol–water partition coefficient (Wildman–Crippen LogP) is 4.14. The van der Waals surface area contributed by atoms with Crippen molar-refractivity contribution in [1.82, 2.24) is 10.2 Å². The quantitative estimate of drug-likeness (QED) is 0.895. The fourth-order valence-electron chi connectivity index (χ4n) is 1.74. The summed E-state index contributed by atoms with van der Waals surface area (Å²) >= 11 is 1.91. The summed E-state index contributed by atoms with van der Waals surface area (Å²) in [6.07, 6.45) is 1.80. The summed E-state index contributed by atoms with van der Waals surface area (Å²) < 4.78 is 0. The van der Waals surface area contributed by atoms with Crippen LogP contribution >= 0.6 is 11.8 Å². The number of nitrogens with one attached hydrogen (secondary N) is 1. The van der Waals surface area contributed by atoms with Gasteiger partial charge in [0.2, 0.25) is 0 Å². The lowest BCUT2D eigenvalue weighted by atomic mass is 9.87. The lowest BCUT2D eigenvalue weighted by molar-refractivity contribution is 0.590. The SMILES string of the molecule is CC(C)(C)c1ccc(CSCc2ccn[nH]2)cc1. The van der Waals surface area contributed by atoms with Gasteiger partial charge in [-0.3, -0.25) is 5.10 Å². The lowest BCUT2D eigenvalue weighted by Gasteiger charge is -2.19. The lowest BCUT2D eigenvalue weighted by Crippen LogP contribution is -2.10. The van der Waals surface area contributed by atoms with E-state index >= 15 is 0 Å². The third kappa shape index (κ3) is 3.64. The number of hydrogen-bond acceptors (Lipinski definition) is 2. The van der Waals surface area contributed by atoms with Crippen molar-refractivity contribution in [2.75, 3.05) is 0 Å². The number of thioether (sulfide) groups is 1. The number of aromatic amines is 1. The first-order valence-electron chi connectivity index (χ1n) is 6.21. The van der Waals surface area contributed by atoms with E-state index in [1.54, 1.807) is 6.20 Å². The number of aromatic nitrogens is 2. The fraction of sp³-hybridized carbons (Fsp3) is 0.400. The topological polar surface area (TPSA) is 28.7 Å². The molecular weight excluding hydrogens is 240 g/mol. The van der Waals surface area contributed by atoms with E-state index < -0.39 is 0 Å². The molecule has 0 saturated carbocycles. The Morgan fingerprint density at radius 2 is 1.78 bits per heavy atom. The van der Waals surface area contributed by atoms with E-state index in [-0.39, 0.29) is 5.41 Å². The summed E-state index contributed by atoms with van der Waals surface area (Å²) in [7, 11) is 0. The van der Waals surface area contributed by atoms with Crippen LogP contribution in [0.3, 0.4) is 0 Å². The molecule has 0 saturated heterocycles. The minimum Gasteiger partial charge on any atom is -0.282 e. The Bertz CT molecular complexity index is 466. The van der Waals surface area contributed by atoms with Crippen molar-refractivity contribution >= 4 is 11.8 Å². The van der Waals surface area contributed by atoms with Gasteiger partial charge in [0.1, 0.15) is 0 Å². The summed E-state index contributed by atoms with van der Waals surface area (Å²) in [5, 5.41) is 6.93. The Balaban J connectivity index is 1.87. The highest BCUT2D eigenvalue weighted by Crippen LogP contribution is 2.23. The number of H-pyrrole nitrogens is 1. The average molecular weight is 260 g/mol. The molecule has 2 aromatic rings. The zero-order valence-corrected chi connectivity index (χ0v) is 12.1. The van der Waals surface area contributed by atoms with Crippen molar-refractivity contribution in [1.29, 1.82) is 0 Å². The maximum Gasteiger partial charge on any atom is 0.0490 e. The van der Waals surface area contributed by atoms with Gasteiger partial charge in [-0.25, -0.2) is 0 Å². The van der Waals surface area contributed by atoms with Crippen molar-refractivity contribution in [2.45, 2.75) is 37.7 Å². The smallest absolute Gasteiger partial charge is 0.0490 e. The maximum atomic E-state index is 3.95. The summed E-state index contributed by atoms with van der Waals surface area (Å²) in [5.74, 6) is 2.03. The Kier molecular flexibility index (Phi) is 4.12. The largest absolute Gasteiger partial charge is 0.282 e. The molecule has 2 nitrogen and oxygen atoms in total. The van der Waals surface area contributed by atoms with E-state index in [1.807, 2.05) is 17.8 Å². The Hall–Kier alpha value is -1.22. The van der Waals surface area contributed by atoms with Gasteiger partial charge in [0.15, 0.2) is 0 Å². The van der Waals surface area contributed by atoms with Crippen LogP contribution in [-0.4, -0.2) is 10.2 Å². The molecule has 0 bridgehead atoms. The van der Waals surface area contributed by atoms with Gasteiger partial charge in [-0.2, -0.15) is 16.9 Å². The van der Waals surface area contributed by atoms with Gasteiger partial charge in [0.05, 0.1) is 0 Å². The van der Waals surface area contributed by atoms with Crippen LogP contribution in [0.4, 0.5) is 0 Å². The van der Waals surface area contributed by atoms with Crippen LogP contribution in [0.15, 0.2) is 36.5 Å². The Labute approximate surface area is 113 Å². The molecule has 0 unspecified atom stereocenters. The van der Waals surface area contributed by atoms with Crippen LogP contribution in [0.25, 0.3) is 0 Å². The molecule has 0 aliphatic carbocycles. The van der Waals surface area contributed by atoms with E-state index in [0.29, 0.717) is 0 Å².